The van der Waals surface area contributed by atoms with Gasteiger partial charge in [-0.15, -0.1) is 0 Å². The van der Waals surface area contributed by atoms with Crippen molar-refractivity contribution in [2.24, 2.45) is 0 Å². The van der Waals surface area contributed by atoms with Gasteiger partial charge in [-0.05, 0) is 18.6 Å². The Kier molecular flexibility index (Phi) is 3.41. The van der Waals surface area contributed by atoms with Gasteiger partial charge < -0.3 is 9.80 Å². The Balaban J connectivity index is 1.56. The Morgan fingerprint density at radius 3 is 2.74 bits per heavy atom. The maximum absolute atomic E-state index is 11.1. The summed E-state index contributed by atoms with van der Waals surface area (Å²) in [6, 6.07) is 5.26. The lowest BCUT2D eigenvalue weighted by Crippen LogP contribution is -2.32. The molecule has 8 nitrogen and oxygen atoms in total. The van der Waals surface area contributed by atoms with Crippen molar-refractivity contribution in [3.63, 3.8) is 0 Å². The van der Waals surface area contributed by atoms with Crippen LogP contribution in [0.5, 0.6) is 0 Å². The summed E-state index contributed by atoms with van der Waals surface area (Å²) in [6.07, 6.45) is 6.42. The lowest BCUT2D eigenvalue weighted by molar-refractivity contribution is 0.782. The third-order valence-electron chi connectivity index (χ3n) is 4.09. The van der Waals surface area contributed by atoms with Crippen molar-refractivity contribution in [3.05, 3.63) is 47.1 Å². The first-order valence-electron chi connectivity index (χ1n) is 7.65. The molecule has 118 valence electrons. The van der Waals surface area contributed by atoms with Gasteiger partial charge in [-0.2, -0.15) is 10.2 Å². The van der Waals surface area contributed by atoms with Crippen LogP contribution in [-0.4, -0.2) is 51.0 Å². The lowest BCUT2D eigenvalue weighted by atomic mass is 10.3. The molecule has 0 atom stereocenters. The standard InChI is InChI=1S/C15H17N7O/c23-14-3-2-13(18-19-14)20-7-1-8-21(11-10-20)15-12-4-5-17-22(12)9-6-16-15/h2-6,9H,1,7-8,10-11H2,(H,19,23). The fraction of sp³-hybridized carbons (Fsp3) is 0.333. The predicted octanol–water partition coefficient (Wildman–Crippen LogP) is 0.529. The minimum atomic E-state index is -0.179. The molecule has 3 aromatic heterocycles. The van der Waals surface area contributed by atoms with Crippen molar-refractivity contribution >= 4 is 17.2 Å². The Morgan fingerprint density at radius 2 is 1.87 bits per heavy atom. The highest BCUT2D eigenvalue weighted by Crippen LogP contribution is 2.20. The molecule has 0 amide bonds. The van der Waals surface area contributed by atoms with E-state index < -0.39 is 0 Å². The Labute approximate surface area is 132 Å². The molecule has 1 aliphatic heterocycles. The smallest absolute Gasteiger partial charge is 0.264 e. The monoisotopic (exact) mass is 311 g/mol. The van der Waals surface area contributed by atoms with Crippen molar-refractivity contribution in [2.45, 2.75) is 6.42 Å². The van der Waals surface area contributed by atoms with Crippen LogP contribution in [0.4, 0.5) is 11.6 Å². The van der Waals surface area contributed by atoms with Gasteiger partial charge in [-0.1, -0.05) is 0 Å². The molecule has 8 heteroatoms. The Hall–Kier alpha value is -2.90. The average molecular weight is 311 g/mol. The van der Waals surface area contributed by atoms with Crippen molar-refractivity contribution < 1.29 is 0 Å². The molecule has 0 unspecified atom stereocenters. The van der Waals surface area contributed by atoms with Crippen LogP contribution in [0.15, 0.2) is 41.6 Å². The largest absolute Gasteiger partial charge is 0.353 e. The second-order valence-electron chi connectivity index (χ2n) is 5.52. The second kappa shape index (κ2) is 5.71. The molecule has 4 heterocycles. The molecule has 1 fully saturated rings. The quantitative estimate of drug-likeness (QED) is 0.743. The number of fused-ring (bicyclic) bond motifs is 1. The third-order valence-corrected chi connectivity index (χ3v) is 4.09. The molecule has 0 aliphatic carbocycles. The molecular weight excluding hydrogens is 294 g/mol. The number of hydrogen-bond acceptors (Lipinski definition) is 6. The van der Waals surface area contributed by atoms with Crippen molar-refractivity contribution in [1.29, 1.82) is 0 Å². The predicted molar refractivity (Wildman–Crippen MR) is 86.9 cm³/mol. The van der Waals surface area contributed by atoms with Crippen LogP contribution >= 0.6 is 0 Å². The van der Waals surface area contributed by atoms with E-state index >= 15 is 0 Å². The number of nitrogens with one attached hydrogen (secondary N) is 1. The summed E-state index contributed by atoms with van der Waals surface area (Å²) in [5, 5.41) is 10.9. The maximum atomic E-state index is 11.1. The summed E-state index contributed by atoms with van der Waals surface area (Å²) in [4.78, 5) is 20.2. The number of hydrogen-bond donors (Lipinski definition) is 1. The topological polar surface area (TPSA) is 82.4 Å². The fourth-order valence-electron chi connectivity index (χ4n) is 2.96. The molecule has 1 saturated heterocycles. The van der Waals surface area contributed by atoms with Gasteiger partial charge in [-0.3, -0.25) is 4.79 Å². The molecular formula is C15H17N7O. The highest BCUT2D eigenvalue weighted by Gasteiger charge is 2.19. The number of H-pyrrole nitrogens is 1. The zero-order valence-corrected chi connectivity index (χ0v) is 12.6. The molecule has 0 radical (unpaired) electrons. The number of aromatic nitrogens is 5. The zero-order chi connectivity index (χ0) is 15.6. The van der Waals surface area contributed by atoms with Crippen LogP contribution in [0.2, 0.25) is 0 Å². The van der Waals surface area contributed by atoms with Crippen molar-refractivity contribution in [2.75, 3.05) is 36.0 Å². The lowest BCUT2D eigenvalue weighted by Gasteiger charge is -2.23. The van der Waals surface area contributed by atoms with E-state index in [4.69, 9.17) is 0 Å². The van der Waals surface area contributed by atoms with E-state index in [0.29, 0.717) is 0 Å². The van der Waals surface area contributed by atoms with Gasteiger partial charge in [0.15, 0.2) is 5.82 Å². The van der Waals surface area contributed by atoms with E-state index in [1.165, 1.54) is 6.07 Å². The van der Waals surface area contributed by atoms with E-state index in [-0.39, 0.29) is 5.56 Å². The zero-order valence-electron chi connectivity index (χ0n) is 12.6. The fourth-order valence-corrected chi connectivity index (χ4v) is 2.96. The summed E-state index contributed by atoms with van der Waals surface area (Å²) in [7, 11) is 0. The van der Waals surface area contributed by atoms with Gasteiger partial charge in [0.25, 0.3) is 5.56 Å². The minimum absolute atomic E-state index is 0.179. The summed E-state index contributed by atoms with van der Waals surface area (Å²) >= 11 is 0. The first kappa shape index (κ1) is 13.7. The van der Waals surface area contributed by atoms with Gasteiger partial charge in [-0.25, -0.2) is 14.6 Å². The van der Waals surface area contributed by atoms with Crippen LogP contribution in [0, 0.1) is 0 Å². The first-order chi connectivity index (χ1) is 11.3. The van der Waals surface area contributed by atoms with E-state index in [0.717, 1.165) is 49.8 Å². The average Bonchev–Trinajstić information content (AvgIpc) is 2.93. The SMILES string of the molecule is O=c1ccc(N2CCCN(c3nccn4nccc34)CC2)n[nH]1. The molecule has 0 bridgehead atoms. The highest BCUT2D eigenvalue weighted by atomic mass is 16.1. The number of aromatic amines is 1. The maximum Gasteiger partial charge on any atom is 0.264 e. The molecule has 0 saturated carbocycles. The van der Waals surface area contributed by atoms with Crippen LogP contribution in [-0.2, 0) is 0 Å². The molecule has 23 heavy (non-hydrogen) atoms. The molecule has 1 aliphatic rings. The van der Waals surface area contributed by atoms with Gasteiger partial charge in [0.1, 0.15) is 11.3 Å². The minimum Gasteiger partial charge on any atom is -0.353 e. The van der Waals surface area contributed by atoms with Gasteiger partial charge in [0.05, 0.1) is 6.20 Å². The van der Waals surface area contributed by atoms with Gasteiger partial charge in [0.2, 0.25) is 0 Å². The van der Waals surface area contributed by atoms with Crippen molar-refractivity contribution in [1.82, 2.24) is 24.8 Å². The number of anilines is 2. The Bertz CT molecular complexity index is 851. The summed E-state index contributed by atoms with van der Waals surface area (Å²) in [5.74, 6) is 1.77. The van der Waals surface area contributed by atoms with Crippen LogP contribution in [0.3, 0.4) is 0 Å². The third kappa shape index (κ3) is 2.63. The molecule has 4 rings (SSSR count). The van der Waals surface area contributed by atoms with Gasteiger partial charge in [0, 0.05) is 44.6 Å². The first-order valence-corrected chi connectivity index (χ1v) is 7.65. The molecule has 3 aromatic rings. The number of rotatable bonds is 2. The Morgan fingerprint density at radius 1 is 1.00 bits per heavy atom. The van der Waals surface area contributed by atoms with Crippen LogP contribution in [0.25, 0.3) is 5.52 Å². The van der Waals surface area contributed by atoms with Crippen LogP contribution in [0.1, 0.15) is 6.42 Å². The summed E-state index contributed by atoms with van der Waals surface area (Å²) in [5.41, 5.74) is 0.838. The normalized spacial score (nSPS) is 15.8. The molecule has 1 N–H and O–H groups in total. The highest BCUT2D eigenvalue weighted by molar-refractivity contribution is 5.68. The molecule has 0 aromatic carbocycles. The van der Waals surface area contributed by atoms with E-state index in [1.54, 1.807) is 18.5 Å². The number of nitrogens with zero attached hydrogens (tertiary/aromatic N) is 6. The second-order valence-corrected chi connectivity index (χ2v) is 5.52. The van der Waals surface area contributed by atoms with Crippen LogP contribution < -0.4 is 15.4 Å². The van der Waals surface area contributed by atoms with E-state index in [9.17, 15) is 4.79 Å². The van der Waals surface area contributed by atoms with E-state index in [1.807, 2.05) is 16.8 Å². The summed E-state index contributed by atoms with van der Waals surface area (Å²) in [6.45, 7) is 3.50. The summed E-state index contributed by atoms with van der Waals surface area (Å²) < 4.78 is 1.84. The van der Waals surface area contributed by atoms with E-state index in [2.05, 4.69) is 30.1 Å². The molecule has 0 spiro atoms. The van der Waals surface area contributed by atoms with Crippen molar-refractivity contribution in [3.8, 4) is 0 Å². The van der Waals surface area contributed by atoms with Gasteiger partial charge >= 0.3 is 0 Å².